The highest BCUT2D eigenvalue weighted by Gasteiger charge is 2.34. The molecule has 0 fully saturated rings. The van der Waals surface area contributed by atoms with Gasteiger partial charge in [-0.1, -0.05) is 0 Å². The van der Waals surface area contributed by atoms with E-state index in [0.29, 0.717) is 0 Å². The van der Waals surface area contributed by atoms with Crippen molar-refractivity contribution in [2.24, 2.45) is 0 Å². The maximum absolute atomic E-state index is 11.9. The summed E-state index contributed by atoms with van der Waals surface area (Å²) in [6.07, 6.45) is -5.49. The van der Waals surface area contributed by atoms with Gasteiger partial charge in [0, 0.05) is 0 Å². The smallest absolute Gasteiger partial charge is 0.449 e. The van der Waals surface area contributed by atoms with E-state index in [9.17, 15) is 13.2 Å². The van der Waals surface area contributed by atoms with Crippen molar-refractivity contribution in [3.05, 3.63) is 23.7 Å². The van der Waals surface area contributed by atoms with E-state index >= 15 is 0 Å². The van der Waals surface area contributed by atoms with Crippen molar-refractivity contribution >= 4 is 0 Å². The van der Waals surface area contributed by atoms with Crippen molar-refractivity contribution in [2.75, 3.05) is 0 Å². The molecule has 0 aliphatic carbocycles. The summed E-state index contributed by atoms with van der Waals surface area (Å²) in [5.74, 6) is -1.17. The van der Waals surface area contributed by atoms with Gasteiger partial charge in [-0.2, -0.15) is 13.2 Å². The van der Waals surface area contributed by atoms with Crippen molar-refractivity contribution in [1.29, 1.82) is 0 Å². The van der Waals surface area contributed by atoms with Gasteiger partial charge in [0.2, 0.25) is 5.76 Å². The molecule has 0 saturated carbocycles. The summed E-state index contributed by atoms with van der Waals surface area (Å²) in [6.45, 7) is 1.33. The first-order valence-electron chi connectivity index (χ1n) is 3.26. The fourth-order valence-corrected chi connectivity index (χ4v) is 0.730. The van der Waals surface area contributed by atoms with Crippen LogP contribution in [0.25, 0.3) is 0 Å². The van der Waals surface area contributed by atoms with Crippen LogP contribution in [-0.4, -0.2) is 5.11 Å². The summed E-state index contributed by atoms with van der Waals surface area (Å²) in [6, 6.07) is 1.90. The van der Waals surface area contributed by atoms with Crippen LogP contribution in [0.5, 0.6) is 0 Å². The third kappa shape index (κ3) is 1.79. The zero-order valence-electron chi connectivity index (χ0n) is 6.22. The second-order valence-electron chi connectivity index (χ2n) is 2.38. The molecule has 1 atom stereocenters. The van der Waals surface area contributed by atoms with E-state index in [1.165, 1.54) is 6.92 Å². The number of aliphatic hydroxyl groups is 1. The van der Waals surface area contributed by atoms with Gasteiger partial charge in [0.25, 0.3) is 0 Å². The minimum absolute atomic E-state index is 0.0812. The van der Waals surface area contributed by atoms with Gasteiger partial charge in [-0.25, -0.2) is 0 Å². The second-order valence-corrected chi connectivity index (χ2v) is 2.38. The van der Waals surface area contributed by atoms with Crippen LogP contribution in [0.15, 0.2) is 16.5 Å². The standard InChI is InChI=1S/C7H7F3O2/c1-4(11)5-2-3-6(12-5)7(8,9)10/h2-4,11H,1H3. The molecule has 0 bridgehead atoms. The molecular weight excluding hydrogens is 173 g/mol. The number of hydrogen-bond acceptors (Lipinski definition) is 2. The minimum atomic E-state index is -4.48. The molecule has 0 radical (unpaired) electrons. The van der Waals surface area contributed by atoms with Gasteiger partial charge in [0.1, 0.15) is 11.9 Å². The summed E-state index contributed by atoms with van der Waals surface area (Å²) in [4.78, 5) is 0. The Kier molecular flexibility index (Phi) is 2.14. The van der Waals surface area contributed by atoms with Crippen LogP contribution < -0.4 is 0 Å². The zero-order valence-corrected chi connectivity index (χ0v) is 6.22. The van der Waals surface area contributed by atoms with Gasteiger partial charge in [0.15, 0.2) is 0 Å². The Balaban J connectivity index is 2.92. The van der Waals surface area contributed by atoms with Crippen LogP contribution in [0.1, 0.15) is 24.5 Å². The van der Waals surface area contributed by atoms with E-state index in [0.717, 1.165) is 12.1 Å². The van der Waals surface area contributed by atoms with Gasteiger partial charge < -0.3 is 9.52 Å². The lowest BCUT2D eigenvalue weighted by Crippen LogP contribution is -2.02. The highest BCUT2D eigenvalue weighted by Crippen LogP contribution is 2.31. The Morgan fingerprint density at radius 3 is 2.25 bits per heavy atom. The van der Waals surface area contributed by atoms with Crippen molar-refractivity contribution in [3.63, 3.8) is 0 Å². The predicted octanol–water partition coefficient (Wildman–Crippen LogP) is 2.35. The number of rotatable bonds is 1. The maximum Gasteiger partial charge on any atom is 0.449 e. The SMILES string of the molecule is CC(O)c1ccc(C(F)(F)F)o1. The predicted molar refractivity (Wildman–Crippen MR) is 34.3 cm³/mol. The van der Waals surface area contributed by atoms with E-state index in [1.807, 2.05) is 0 Å². The van der Waals surface area contributed by atoms with Gasteiger partial charge in [0.05, 0.1) is 0 Å². The summed E-state index contributed by atoms with van der Waals surface area (Å²) >= 11 is 0. The van der Waals surface area contributed by atoms with E-state index in [2.05, 4.69) is 4.42 Å². The number of furan rings is 1. The fraction of sp³-hybridized carbons (Fsp3) is 0.429. The maximum atomic E-state index is 11.9. The van der Waals surface area contributed by atoms with Crippen LogP contribution in [-0.2, 0) is 6.18 Å². The molecule has 0 aliphatic rings. The Morgan fingerprint density at radius 1 is 1.42 bits per heavy atom. The molecule has 0 amide bonds. The Hall–Kier alpha value is -0.970. The minimum Gasteiger partial charge on any atom is -0.454 e. The third-order valence-corrected chi connectivity index (χ3v) is 1.32. The average molecular weight is 180 g/mol. The molecular formula is C7H7F3O2. The van der Waals surface area contributed by atoms with Crippen LogP contribution in [0.3, 0.4) is 0 Å². The summed E-state index contributed by atoms with van der Waals surface area (Å²) in [5.41, 5.74) is 0. The largest absolute Gasteiger partial charge is 0.454 e. The normalized spacial score (nSPS) is 14.8. The van der Waals surface area contributed by atoms with Gasteiger partial charge in [-0.05, 0) is 19.1 Å². The molecule has 0 spiro atoms. The topological polar surface area (TPSA) is 33.4 Å². The van der Waals surface area contributed by atoms with Crippen LogP contribution in [0.4, 0.5) is 13.2 Å². The lowest BCUT2D eigenvalue weighted by molar-refractivity contribution is -0.153. The Labute approximate surface area is 66.6 Å². The van der Waals surface area contributed by atoms with E-state index in [4.69, 9.17) is 5.11 Å². The first-order chi connectivity index (χ1) is 5.41. The van der Waals surface area contributed by atoms with Crippen molar-refractivity contribution in [2.45, 2.75) is 19.2 Å². The Morgan fingerprint density at radius 2 is 2.00 bits per heavy atom. The second kappa shape index (κ2) is 2.82. The zero-order chi connectivity index (χ0) is 9.35. The lowest BCUT2D eigenvalue weighted by atomic mass is 10.3. The number of halogens is 3. The molecule has 1 rings (SSSR count). The Bertz CT molecular complexity index is 262. The van der Waals surface area contributed by atoms with Gasteiger partial charge in [-0.15, -0.1) is 0 Å². The molecule has 1 heterocycles. The lowest BCUT2D eigenvalue weighted by Gasteiger charge is -2.01. The van der Waals surface area contributed by atoms with E-state index in [-0.39, 0.29) is 5.76 Å². The summed E-state index contributed by atoms with van der Waals surface area (Å²) in [5, 5.41) is 8.84. The molecule has 12 heavy (non-hydrogen) atoms. The molecule has 0 aromatic carbocycles. The monoisotopic (exact) mass is 180 g/mol. The highest BCUT2D eigenvalue weighted by atomic mass is 19.4. The number of aliphatic hydroxyl groups excluding tert-OH is 1. The summed E-state index contributed by atoms with van der Waals surface area (Å²) < 4.78 is 40.0. The molecule has 2 nitrogen and oxygen atoms in total. The molecule has 1 unspecified atom stereocenters. The molecule has 1 aromatic rings. The van der Waals surface area contributed by atoms with Crippen molar-refractivity contribution < 1.29 is 22.7 Å². The summed E-state index contributed by atoms with van der Waals surface area (Å²) in [7, 11) is 0. The van der Waals surface area contributed by atoms with Crippen LogP contribution in [0.2, 0.25) is 0 Å². The highest BCUT2D eigenvalue weighted by molar-refractivity contribution is 5.11. The van der Waals surface area contributed by atoms with Crippen molar-refractivity contribution in [1.82, 2.24) is 0 Å². The third-order valence-electron chi connectivity index (χ3n) is 1.32. The molecule has 5 heteroatoms. The van der Waals surface area contributed by atoms with E-state index < -0.39 is 18.0 Å². The molecule has 1 N–H and O–H groups in total. The first-order valence-corrected chi connectivity index (χ1v) is 3.26. The average Bonchev–Trinajstić information content (AvgIpc) is 2.30. The van der Waals surface area contributed by atoms with Gasteiger partial charge >= 0.3 is 6.18 Å². The first kappa shape index (κ1) is 9.12. The van der Waals surface area contributed by atoms with Crippen LogP contribution >= 0.6 is 0 Å². The fourth-order valence-electron chi connectivity index (χ4n) is 0.730. The number of alkyl halides is 3. The van der Waals surface area contributed by atoms with Gasteiger partial charge in [-0.3, -0.25) is 0 Å². The molecule has 0 saturated heterocycles. The van der Waals surface area contributed by atoms with E-state index in [1.54, 1.807) is 0 Å². The quantitative estimate of drug-likeness (QED) is 0.719. The molecule has 1 aromatic heterocycles. The molecule has 68 valence electrons. The van der Waals surface area contributed by atoms with Crippen LogP contribution in [0, 0.1) is 0 Å². The number of hydrogen-bond donors (Lipinski definition) is 1. The molecule has 0 aliphatic heterocycles. The van der Waals surface area contributed by atoms with Crippen molar-refractivity contribution in [3.8, 4) is 0 Å².